The van der Waals surface area contributed by atoms with Gasteiger partial charge in [-0.25, -0.2) is 8.42 Å². The first-order valence-corrected chi connectivity index (χ1v) is 7.32. The summed E-state index contributed by atoms with van der Waals surface area (Å²) in [6.45, 7) is 1.80. The second-order valence-corrected chi connectivity index (χ2v) is 6.20. The molecule has 0 aliphatic heterocycles. The molecule has 0 aromatic heterocycles. The van der Waals surface area contributed by atoms with Gasteiger partial charge in [-0.05, 0) is 42.8 Å². The fraction of sp³-hybridized carbons (Fsp3) is 0.0769. The molecule has 0 aliphatic rings. The predicted octanol–water partition coefficient (Wildman–Crippen LogP) is 3.15. The Morgan fingerprint density at radius 2 is 1.89 bits per heavy atom. The molecular formula is C13H12ClNO3S. The highest BCUT2D eigenvalue weighted by Crippen LogP contribution is 2.27. The second kappa shape index (κ2) is 5.11. The third-order valence-corrected chi connectivity index (χ3v) is 4.10. The van der Waals surface area contributed by atoms with Gasteiger partial charge in [0.1, 0.15) is 5.75 Å². The molecule has 0 amide bonds. The third kappa shape index (κ3) is 3.19. The lowest BCUT2D eigenvalue weighted by molar-refractivity contribution is 0.477. The minimum absolute atomic E-state index is 0.0416. The summed E-state index contributed by atoms with van der Waals surface area (Å²) in [5, 5.41) is 10.0. The van der Waals surface area contributed by atoms with Crippen molar-refractivity contribution in [3.8, 4) is 5.75 Å². The minimum Gasteiger partial charge on any atom is -0.506 e. The summed E-state index contributed by atoms with van der Waals surface area (Å²) in [5.74, 6) is -0.120. The van der Waals surface area contributed by atoms with Crippen molar-refractivity contribution in [2.24, 2.45) is 0 Å². The van der Waals surface area contributed by atoms with E-state index in [4.69, 9.17) is 11.6 Å². The van der Waals surface area contributed by atoms with E-state index in [9.17, 15) is 13.5 Å². The molecule has 0 unspecified atom stereocenters. The molecule has 0 saturated heterocycles. The Labute approximate surface area is 116 Å². The van der Waals surface area contributed by atoms with Gasteiger partial charge in [0.25, 0.3) is 10.0 Å². The van der Waals surface area contributed by atoms with Crippen LogP contribution < -0.4 is 4.72 Å². The number of benzene rings is 2. The number of aryl methyl sites for hydroxylation is 1. The summed E-state index contributed by atoms with van der Waals surface area (Å²) in [7, 11) is -3.77. The zero-order valence-electron chi connectivity index (χ0n) is 10.1. The van der Waals surface area contributed by atoms with E-state index >= 15 is 0 Å². The minimum atomic E-state index is -3.77. The summed E-state index contributed by atoms with van der Waals surface area (Å²) in [6, 6.07) is 10.6. The maximum absolute atomic E-state index is 12.1. The van der Waals surface area contributed by atoms with E-state index in [0.717, 1.165) is 5.56 Å². The molecule has 100 valence electrons. The summed E-state index contributed by atoms with van der Waals surface area (Å²) in [6.07, 6.45) is 0. The highest BCUT2D eigenvalue weighted by atomic mass is 35.5. The molecule has 2 aromatic rings. The van der Waals surface area contributed by atoms with Gasteiger partial charge in [-0.3, -0.25) is 4.72 Å². The van der Waals surface area contributed by atoms with E-state index in [1.807, 2.05) is 0 Å². The average Bonchev–Trinajstić information content (AvgIpc) is 2.33. The van der Waals surface area contributed by atoms with Gasteiger partial charge in [0.05, 0.1) is 10.6 Å². The molecule has 0 radical (unpaired) electrons. The van der Waals surface area contributed by atoms with E-state index in [1.165, 1.54) is 24.3 Å². The second-order valence-electron chi connectivity index (χ2n) is 4.08. The molecule has 19 heavy (non-hydrogen) atoms. The van der Waals surface area contributed by atoms with Crippen LogP contribution in [0.4, 0.5) is 5.69 Å². The molecule has 0 fully saturated rings. The predicted molar refractivity (Wildman–Crippen MR) is 75.1 cm³/mol. The van der Waals surface area contributed by atoms with Crippen LogP contribution in [0.1, 0.15) is 5.56 Å². The zero-order chi connectivity index (χ0) is 14.0. The fourth-order valence-electron chi connectivity index (χ4n) is 1.57. The molecule has 0 heterocycles. The van der Waals surface area contributed by atoms with Gasteiger partial charge in [-0.2, -0.15) is 0 Å². The first-order valence-electron chi connectivity index (χ1n) is 5.46. The molecule has 2 aromatic carbocycles. The number of hydrogen-bond acceptors (Lipinski definition) is 3. The molecule has 6 heteroatoms. The van der Waals surface area contributed by atoms with Gasteiger partial charge in [-0.15, -0.1) is 0 Å². The van der Waals surface area contributed by atoms with Crippen molar-refractivity contribution in [1.82, 2.24) is 0 Å². The molecule has 0 spiro atoms. The van der Waals surface area contributed by atoms with Crippen LogP contribution in [0.25, 0.3) is 0 Å². The van der Waals surface area contributed by atoms with E-state index < -0.39 is 10.0 Å². The summed E-state index contributed by atoms with van der Waals surface area (Å²) >= 11 is 5.76. The Kier molecular flexibility index (Phi) is 3.68. The Morgan fingerprint density at radius 3 is 2.53 bits per heavy atom. The van der Waals surface area contributed by atoms with Gasteiger partial charge in [-0.1, -0.05) is 23.7 Å². The number of nitrogens with one attached hydrogen (secondary N) is 1. The Hall–Kier alpha value is -1.72. The van der Waals surface area contributed by atoms with Crippen LogP contribution in [0.3, 0.4) is 0 Å². The Morgan fingerprint density at radius 1 is 1.16 bits per heavy atom. The van der Waals surface area contributed by atoms with E-state index in [1.54, 1.807) is 25.1 Å². The number of sulfonamides is 1. The van der Waals surface area contributed by atoms with Crippen LogP contribution >= 0.6 is 11.6 Å². The smallest absolute Gasteiger partial charge is 0.262 e. The zero-order valence-corrected chi connectivity index (χ0v) is 11.7. The van der Waals surface area contributed by atoms with E-state index in [-0.39, 0.29) is 16.3 Å². The number of anilines is 1. The lowest BCUT2D eigenvalue weighted by atomic mass is 10.2. The highest BCUT2D eigenvalue weighted by Gasteiger charge is 2.16. The number of rotatable bonds is 3. The van der Waals surface area contributed by atoms with E-state index in [0.29, 0.717) is 5.02 Å². The molecule has 4 nitrogen and oxygen atoms in total. The van der Waals surface area contributed by atoms with Crippen LogP contribution in [0, 0.1) is 6.92 Å². The molecule has 0 bridgehead atoms. The molecule has 2 rings (SSSR count). The normalized spacial score (nSPS) is 11.3. The van der Waals surface area contributed by atoms with Gasteiger partial charge >= 0.3 is 0 Å². The van der Waals surface area contributed by atoms with Crippen LogP contribution in [-0.4, -0.2) is 13.5 Å². The van der Waals surface area contributed by atoms with Gasteiger partial charge in [0.15, 0.2) is 0 Å². The first kappa shape index (κ1) is 13.7. The maximum Gasteiger partial charge on any atom is 0.262 e. The molecular weight excluding hydrogens is 286 g/mol. The monoisotopic (exact) mass is 297 g/mol. The lowest BCUT2D eigenvalue weighted by Gasteiger charge is -2.10. The van der Waals surface area contributed by atoms with Crippen molar-refractivity contribution in [1.29, 1.82) is 0 Å². The molecule has 0 atom stereocenters. The lowest BCUT2D eigenvalue weighted by Crippen LogP contribution is -2.13. The van der Waals surface area contributed by atoms with Gasteiger partial charge < -0.3 is 5.11 Å². The Balaban J connectivity index is 2.36. The van der Waals surface area contributed by atoms with E-state index in [2.05, 4.69) is 4.72 Å². The molecule has 0 saturated carbocycles. The standard InChI is InChI=1S/C13H12ClNO3S/c1-9-5-6-12(13(16)7-9)15-19(17,18)11-4-2-3-10(14)8-11/h2-8,15-16H,1H3. The highest BCUT2D eigenvalue weighted by molar-refractivity contribution is 7.92. The van der Waals surface area contributed by atoms with Crippen molar-refractivity contribution in [3.63, 3.8) is 0 Å². The largest absolute Gasteiger partial charge is 0.506 e. The van der Waals surface area contributed by atoms with Crippen LogP contribution in [0.5, 0.6) is 5.75 Å². The maximum atomic E-state index is 12.1. The molecule has 2 N–H and O–H groups in total. The van der Waals surface area contributed by atoms with Crippen molar-refractivity contribution in [2.75, 3.05) is 4.72 Å². The third-order valence-electron chi connectivity index (χ3n) is 2.50. The van der Waals surface area contributed by atoms with Gasteiger partial charge in [0, 0.05) is 5.02 Å². The van der Waals surface area contributed by atoms with Crippen molar-refractivity contribution < 1.29 is 13.5 Å². The van der Waals surface area contributed by atoms with Crippen molar-refractivity contribution in [2.45, 2.75) is 11.8 Å². The SMILES string of the molecule is Cc1ccc(NS(=O)(=O)c2cccc(Cl)c2)c(O)c1. The first-order chi connectivity index (χ1) is 8.88. The average molecular weight is 298 g/mol. The van der Waals surface area contributed by atoms with Crippen molar-refractivity contribution in [3.05, 3.63) is 53.1 Å². The summed E-state index contributed by atoms with van der Waals surface area (Å²) in [5.41, 5.74) is 0.966. The van der Waals surface area contributed by atoms with Crippen LogP contribution in [0.2, 0.25) is 5.02 Å². The number of halogens is 1. The van der Waals surface area contributed by atoms with Gasteiger partial charge in [0.2, 0.25) is 0 Å². The van der Waals surface area contributed by atoms with Crippen LogP contribution in [-0.2, 0) is 10.0 Å². The fourth-order valence-corrected chi connectivity index (χ4v) is 2.94. The number of hydrogen-bond donors (Lipinski definition) is 2. The summed E-state index contributed by atoms with van der Waals surface area (Å²) < 4.78 is 26.5. The quantitative estimate of drug-likeness (QED) is 0.855. The summed E-state index contributed by atoms with van der Waals surface area (Å²) in [4.78, 5) is 0.0416. The number of phenols is 1. The Bertz CT molecular complexity index is 714. The number of phenolic OH excluding ortho intramolecular Hbond substituents is 1. The molecule has 0 aliphatic carbocycles. The number of aromatic hydroxyl groups is 1. The van der Waals surface area contributed by atoms with Crippen molar-refractivity contribution >= 4 is 27.3 Å². The van der Waals surface area contributed by atoms with Crippen LogP contribution in [0.15, 0.2) is 47.4 Å². The topological polar surface area (TPSA) is 66.4 Å².